The molecule has 176 valence electrons. The Morgan fingerprint density at radius 2 is 1.48 bits per heavy atom. The van der Waals surface area contributed by atoms with E-state index in [1.54, 1.807) is 0 Å². The van der Waals surface area contributed by atoms with Crippen molar-refractivity contribution in [3.8, 4) is 0 Å². The number of likely N-dealkylation sites (tertiary alicyclic amines) is 1. The summed E-state index contributed by atoms with van der Waals surface area (Å²) in [6, 6.07) is 5.98. The molecule has 0 saturated carbocycles. The molecule has 0 atom stereocenters. The van der Waals surface area contributed by atoms with Crippen molar-refractivity contribution in [2.24, 2.45) is 5.92 Å². The lowest BCUT2D eigenvalue weighted by Gasteiger charge is -2.31. The molecular formula is C23H23F3N2O4S. The Kier molecular flexibility index (Phi) is 6.58. The van der Waals surface area contributed by atoms with E-state index in [1.807, 2.05) is 0 Å². The fraction of sp³-hybridized carbons (Fsp3) is 0.391. The maximum atomic E-state index is 14.4. The summed E-state index contributed by atoms with van der Waals surface area (Å²) >= 11 is 0. The topological polar surface area (TPSA) is 74.8 Å². The van der Waals surface area contributed by atoms with Gasteiger partial charge in [-0.3, -0.25) is 9.59 Å². The van der Waals surface area contributed by atoms with Gasteiger partial charge in [-0.15, -0.1) is 0 Å². The largest absolute Gasteiger partial charge is 0.339 e. The molecule has 2 aromatic carbocycles. The molecule has 2 heterocycles. The zero-order valence-electron chi connectivity index (χ0n) is 17.8. The summed E-state index contributed by atoms with van der Waals surface area (Å²) in [6.45, 7) is 0.982. The standard InChI is InChI=1S/C23H23F3N2O4S/c24-17-4-6-19(25)18(14-17)22(29)15-7-11-27(12-8-15)23(30)16-3-5-20(26)21(13-16)33(31,32)28-9-1-2-10-28/h3-6,13-15H,1-2,7-12H2. The van der Waals surface area contributed by atoms with E-state index >= 15 is 0 Å². The van der Waals surface area contributed by atoms with Gasteiger partial charge in [-0.2, -0.15) is 4.31 Å². The minimum atomic E-state index is -4.04. The molecule has 0 aliphatic carbocycles. The average Bonchev–Trinajstić information content (AvgIpc) is 3.36. The molecular weight excluding hydrogens is 457 g/mol. The maximum Gasteiger partial charge on any atom is 0.253 e. The van der Waals surface area contributed by atoms with Crippen molar-refractivity contribution in [2.75, 3.05) is 26.2 Å². The zero-order chi connectivity index (χ0) is 23.8. The Morgan fingerprint density at radius 1 is 0.848 bits per heavy atom. The van der Waals surface area contributed by atoms with Crippen LogP contribution in [-0.4, -0.2) is 55.5 Å². The molecule has 0 radical (unpaired) electrons. The minimum absolute atomic E-state index is 0.0372. The molecule has 1 amide bonds. The fourth-order valence-corrected chi connectivity index (χ4v) is 5.94. The van der Waals surface area contributed by atoms with Crippen molar-refractivity contribution in [3.05, 3.63) is 65.0 Å². The normalized spacial score (nSPS) is 18.0. The van der Waals surface area contributed by atoms with E-state index in [0.29, 0.717) is 25.9 Å². The van der Waals surface area contributed by atoms with Crippen LogP contribution in [0.15, 0.2) is 41.3 Å². The van der Waals surface area contributed by atoms with E-state index in [0.717, 1.165) is 30.3 Å². The second-order valence-electron chi connectivity index (χ2n) is 8.31. The van der Waals surface area contributed by atoms with Gasteiger partial charge in [0.25, 0.3) is 5.91 Å². The summed E-state index contributed by atoms with van der Waals surface area (Å²) in [6.07, 6.45) is 1.90. The molecule has 0 bridgehead atoms. The summed E-state index contributed by atoms with van der Waals surface area (Å²) in [5, 5.41) is 0. The summed E-state index contributed by atoms with van der Waals surface area (Å²) < 4.78 is 68.5. The van der Waals surface area contributed by atoms with Crippen LogP contribution in [0.2, 0.25) is 0 Å². The molecule has 2 saturated heterocycles. The molecule has 2 aromatic rings. The average molecular weight is 481 g/mol. The number of benzene rings is 2. The molecule has 0 spiro atoms. The van der Waals surface area contributed by atoms with Crippen molar-refractivity contribution in [3.63, 3.8) is 0 Å². The van der Waals surface area contributed by atoms with Crippen LogP contribution in [0.4, 0.5) is 13.2 Å². The van der Waals surface area contributed by atoms with Crippen molar-refractivity contribution in [2.45, 2.75) is 30.6 Å². The Hall–Kier alpha value is -2.72. The molecule has 4 rings (SSSR count). The highest BCUT2D eigenvalue weighted by Crippen LogP contribution is 2.27. The first kappa shape index (κ1) is 23.4. The molecule has 10 heteroatoms. The molecule has 2 aliphatic rings. The number of piperidine rings is 1. The van der Waals surface area contributed by atoms with Gasteiger partial charge in [-0.25, -0.2) is 21.6 Å². The number of rotatable bonds is 5. The zero-order valence-corrected chi connectivity index (χ0v) is 18.6. The number of halogens is 3. The molecule has 0 unspecified atom stereocenters. The lowest BCUT2D eigenvalue weighted by atomic mass is 9.88. The summed E-state index contributed by atoms with van der Waals surface area (Å²) in [4.78, 5) is 26.5. The first-order valence-corrected chi connectivity index (χ1v) is 12.2. The number of hydrogen-bond acceptors (Lipinski definition) is 4. The summed E-state index contributed by atoms with van der Waals surface area (Å²) in [5.41, 5.74) is -0.273. The Labute approximate surface area is 190 Å². The predicted octanol–water partition coefficient (Wildman–Crippen LogP) is 3.62. The number of hydrogen-bond donors (Lipinski definition) is 0. The molecule has 2 aliphatic heterocycles. The van der Waals surface area contributed by atoms with Crippen molar-refractivity contribution in [1.29, 1.82) is 0 Å². The lowest BCUT2D eigenvalue weighted by molar-refractivity contribution is 0.0648. The third-order valence-electron chi connectivity index (χ3n) is 6.21. The number of carbonyl (C=O) groups excluding carboxylic acids is 2. The highest BCUT2D eigenvalue weighted by atomic mass is 32.2. The second-order valence-corrected chi connectivity index (χ2v) is 10.2. The van der Waals surface area contributed by atoms with Gasteiger partial charge in [0.05, 0.1) is 5.56 Å². The van der Waals surface area contributed by atoms with Crippen LogP contribution in [0.5, 0.6) is 0 Å². The van der Waals surface area contributed by atoms with Crippen LogP contribution >= 0.6 is 0 Å². The SMILES string of the molecule is O=C(c1cc(F)ccc1F)C1CCN(C(=O)c2ccc(F)c(S(=O)(=O)N3CCCC3)c2)CC1. The van der Waals surface area contributed by atoms with E-state index in [1.165, 1.54) is 15.3 Å². The second kappa shape index (κ2) is 9.26. The van der Waals surface area contributed by atoms with Crippen LogP contribution in [0.25, 0.3) is 0 Å². The lowest BCUT2D eigenvalue weighted by Crippen LogP contribution is -2.40. The van der Waals surface area contributed by atoms with Crippen LogP contribution in [0, 0.1) is 23.4 Å². The molecule has 0 aromatic heterocycles. The molecule has 2 fully saturated rings. The van der Waals surface area contributed by atoms with Crippen LogP contribution in [0.3, 0.4) is 0 Å². The monoisotopic (exact) mass is 480 g/mol. The third kappa shape index (κ3) is 4.67. The first-order valence-electron chi connectivity index (χ1n) is 10.8. The number of amides is 1. The van der Waals surface area contributed by atoms with Crippen LogP contribution in [0.1, 0.15) is 46.4 Å². The van der Waals surface area contributed by atoms with E-state index < -0.39 is 50.0 Å². The van der Waals surface area contributed by atoms with Gasteiger partial charge in [0.2, 0.25) is 10.0 Å². The highest BCUT2D eigenvalue weighted by molar-refractivity contribution is 7.89. The van der Waals surface area contributed by atoms with E-state index in [2.05, 4.69) is 0 Å². The van der Waals surface area contributed by atoms with Crippen LogP contribution in [-0.2, 0) is 10.0 Å². The van der Waals surface area contributed by atoms with E-state index in [9.17, 15) is 31.2 Å². The number of carbonyl (C=O) groups is 2. The van der Waals surface area contributed by atoms with Gasteiger partial charge in [-0.1, -0.05) is 0 Å². The molecule has 6 nitrogen and oxygen atoms in total. The number of Topliss-reactive ketones (excluding diaryl/α,β-unsaturated/α-hetero) is 1. The van der Waals surface area contributed by atoms with Gasteiger partial charge in [0.15, 0.2) is 5.78 Å². The summed E-state index contributed by atoms with van der Waals surface area (Å²) in [5.74, 6) is -3.97. The Balaban J connectivity index is 1.47. The smallest absolute Gasteiger partial charge is 0.253 e. The Bertz CT molecular complexity index is 1190. The fourth-order valence-electron chi connectivity index (χ4n) is 4.34. The maximum absolute atomic E-state index is 14.4. The third-order valence-corrected chi connectivity index (χ3v) is 8.12. The molecule has 33 heavy (non-hydrogen) atoms. The number of nitrogens with zero attached hydrogens (tertiary/aromatic N) is 2. The Morgan fingerprint density at radius 3 is 2.15 bits per heavy atom. The minimum Gasteiger partial charge on any atom is -0.339 e. The highest BCUT2D eigenvalue weighted by Gasteiger charge is 2.33. The van der Waals surface area contributed by atoms with Gasteiger partial charge < -0.3 is 4.90 Å². The van der Waals surface area contributed by atoms with Crippen LogP contribution < -0.4 is 0 Å². The first-order chi connectivity index (χ1) is 15.7. The van der Waals surface area contributed by atoms with Gasteiger partial charge in [0, 0.05) is 37.7 Å². The van der Waals surface area contributed by atoms with Crippen molar-refractivity contribution < 1.29 is 31.2 Å². The van der Waals surface area contributed by atoms with E-state index in [4.69, 9.17) is 0 Å². The molecule has 0 N–H and O–H groups in total. The number of sulfonamides is 1. The van der Waals surface area contributed by atoms with Crippen molar-refractivity contribution in [1.82, 2.24) is 9.21 Å². The van der Waals surface area contributed by atoms with Crippen molar-refractivity contribution >= 4 is 21.7 Å². The quantitative estimate of drug-likeness (QED) is 0.613. The van der Waals surface area contributed by atoms with Gasteiger partial charge in [-0.05, 0) is 62.1 Å². The van der Waals surface area contributed by atoms with E-state index in [-0.39, 0.29) is 37.1 Å². The number of ketones is 1. The summed E-state index contributed by atoms with van der Waals surface area (Å²) in [7, 11) is -4.04. The predicted molar refractivity (Wildman–Crippen MR) is 114 cm³/mol. The van der Waals surface area contributed by atoms with Gasteiger partial charge >= 0.3 is 0 Å². The van der Waals surface area contributed by atoms with Gasteiger partial charge in [0.1, 0.15) is 22.3 Å².